The maximum Gasteiger partial charge on any atom is 0.274 e. The molecule has 1 aromatic carbocycles. The second-order valence-corrected chi connectivity index (χ2v) is 5.40. The van der Waals surface area contributed by atoms with Crippen molar-refractivity contribution in [3.63, 3.8) is 0 Å². The predicted molar refractivity (Wildman–Crippen MR) is 86.2 cm³/mol. The Hall–Kier alpha value is -3.09. The first-order valence-corrected chi connectivity index (χ1v) is 7.42. The van der Waals surface area contributed by atoms with Crippen LogP contribution in [-0.4, -0.2) is 25.9 Å². The predicted octanol–water partition coefficient (Wildman–Crippen LogP) is 2.35. The zero-order valence-electron chi connectivity index (χ0n) is 13.3. The van der Waals surface area contributed by atoms with Crippen molar-refractivity contribution in [1.29, 1.82) is 0 Å². The molecule has 0 aliphatic carbocycles. The van der Waals surface area contributed by atoms with Crippen molar-refractivity contribution in [2.75, 3.05) is 0 Å². The number of carbonyl (C=O) groups excluding carboxylic acids is 1. The van der Waals surface area contributed by atoms with Crippen LogP contribution < -0.4 is 5.32 Å². The zero-order valence-corrected chi connectivity index (χ0v) is 13.3. The third-order valence-corrected chi connectivity index (χ3v) is 3.71. The fourth-order valence-electron chi connectivity index (χ4n) is 2.35. The summed E-state index contributed by atoms with van der Waals surface area (Å²) >= 11 is 0. The van der Waals surface area contributed by atoms with Gasteiger partial charge in [0.1, 0.15) is 5.82 Å². The molecule has 6 nitrogen and oxygen atoms in total. The third kappa shape index (κ3) is 3.15. The van der Waals surface area contributed by atoms with Gasteiger partial charge in [-0.1, -0.05) is 11.3 Å². The topological polar surface area (TPSA) is 72.7 Å². The molecular weight excluding hydrogens is 309 g/mol. The van der Waals surface area contributed by atoms with E-state index < -0.39 is 0 Å². The molecule has 2 aromatic heterocycles. The van der Waals surface area contributed by atoms with E-state index in [0.717, 1.165) is 11.1 Å². The van der Waals surface area contributed by atoms with Crippen LogP contribution in [0.3, 0.4) is 0 Å². The number of rotatable bonds is 4. The molecule has 0 radical (unpaired) electrons. The summed E-state index contributed by atoms with van der Waals surface area (Å²) in [4.78, 5) is 16.2. The number of aromatic nitrogens is 4. The number of nitrogens with one attached hydrogen (secondary N) is 1. The van der Waals surface area contributed by atoms with E-state index >= 15 is 0 Å². The summed E-state index contributed by atoms with van der Waals surface area (Å²) in [5, 5.41) is 10.7. The monoisotopic (exact) mass is 325 g/mol. The van der Waals surface area contributed by atoms with Gasteiger partial charge in [-0.15, -0.1) is 5.10 Å². The van der Waals surface area contributed by atoms with E-state index in [9.17, 15) is 9.18 Å². The van der Waals surface area contributed by atoms with Crippen LogP contribution in [0.5, 0.6) is 0 Å². The van der Waals surface area contributed by atoms with Gasteiger partial charge in [0.25, 0.3) is 5.91 Å². The number of nitrogens with zero attached hydrogens (tertiary/aromatic N) is 4. The quantitative estimate of drug-likeness (QED) is 0.799. The molecular formula is C17H16FN5O. The van der Waals surface area contributed by atoms with Crippen LogP contribution >= 0.6 is 0 Å². The maximum absolute atomic E-state index is 13.5. The van der Waals surface area contributed by atoms with Crippen molar-refractivity contribution in [2.45, 2.75) is 20.4 Å². The van der Waals surface area contributed by atoms with Crippen LogP contribution in [0.25, 0.3) is 5.69 Å². The van der Waals surface area contributed by atoms with E-state index in [1.54, 1.807) is 25.4 Å². The molecule has 0 atom stereocenters. The second-order valence-electron chi connectivity index (χ2n) is 5.40. The van der Waals surface area contributed by atoms with Crippen LogP contribution in [-0.2, 0) is 6.54 Å². The fraction of sp³-hybridized carbons (Fsp3) is 0.176. The zero-order chi connectivity index (χ0) is 17.1. The van der Waals surface area contributed by atoms with Gasteiger partial charge >= 0.3 is 0 Å². The first-order chi connectivity index (χ1) is 11.6. The summed E-state index contributed by atoms with van der Waals surface area (Å²) in [6, 6.07) is 8.05. The first-order valence-electron chi connectivity index (χ1n) is 7.42. The van der Waals surface area contributed by atoms with Crippen molar-refractivity contribution in [3.05, 3.63) is 71.1 Å². The molecule has 0 bridgehead atoms. The molecule has 2 heterocycles. The molecule has 1 amide bonds. The number of aryl methyl sites for hydroxylation is 1. The van der Waals surface area contributed by atoms with Gasteiger partial charge in [-0.2, -0.15) is 0 Å². The summed E-state index contributed by atoms with van der Waals surface area (Å²) in [5.41, 5.74) is 3.11. The average Bonchev–Trinajstić information content (AvgIpc) is 2.97. The van der Waals surface area contributed by atoms with Crippen LogP contribution in [0.2, 0.25) is 0 Å². The minimum absolute atomic E-state index is 0.215. The summed E-state index contributed by atoms with van der Waals surface area (Å²) in [6.07, 6.45) is 3.32. The number of hydrogen-bond donors (Lipinski definition) is 1. The van der Waals surface area contributed by atoms with Gasteiger partial charge < -0.3 is 5.32 Å². The molecule has 122 valence electrons. The molecule has 0 spiro atoms. The normalized spacial score (nSPS) is 10.6. The number of pyridine rings is 1. The SMILES string of the molecule is Cc1ccc(F)cc1-n1nnc(C(=O)NCc2ccncc2)c1C. The van der Waals surface area contributed by atoms with E-state index in [-0.39, 0.29) is 17.4 Å². The lowest BCUT2D eigenvalue weighted by atomic mass is 10.2. The lowest BCUT2D eigenvalue weighted by molar-refractivity contribution is 0.0945. The largest absolute Gasteiger partial charge is 0.347 e. The van der Waals surface area contributed by atoms with Crippen molar-refractivity contribution in [3.8, 4) is 5.69 Å². The Labute approximate surface area is 138 Å². The number of benzene rings is 1. The summed E-state index contributed by atoms with van der Waals surface area (Å²) in [7, 11) is 0. The number of carbonyl (C=O) groups is 1. The van der Waals surface area contributed by atoms with Crippen LogP contribution in [0.4, 0.5) is 4.39 Å². The molecule has 24 heavy (non-hydrogen) atoms. The molecule has 7 heteroatoms. The van der Waals surface area contributed by atoms with Gasteiger partial charge in [-0.25, -0.2) is 9.07 Å². The van der Waals surface area contributed by atoms with Crippen LogP contribution in [0.15, 0.2) is 42.7 Å². The lowest BCUT2D eigenvalue weighted by Crippen LogP contribution is -2.24. The van der Waals surface area contributed by atoms with E-state index in [1.807, 2.05) is 19.1 Å². The Kier molecular flexibility index (Phi) is 4.33. The molecule has 0 fully saturated rings. The van der Waals surface area contributed by atoms with E-state index in [2.05, 4.69) is 20.6 Å². The highest BCUT2D eigenvalue weighted by molar-refractivity contribution is 5.93. The molecule has 1 N–H and O–H groups in total. The highest BCUT2D eigenvalue weighted by Gasteiger charge is 2.18. The molecule has 0 saturated carbocycles. The average molecular weight is 325 g/mol. The second kappa shape index (κ2) is 6.57. The summed E-state index contributed by atoms with van der Waals surface area (Å²) in [6.45, 7) is 3.94. The maximum atomic E-state index is 13.5. The molecule has 3 rings (SSSR count). The highest BCUT2D eigenvalue weighted by atomic mass is 19.1. The van der Waals surface area contributed by atoms with Gasteiger partial charge in [-0.3, -0.25) is 9.78 Å². The van der Waals surface area contributed by atoms with E-state index in [4.69, 9.17) is 0 Å². The number of halogens is 1. The van der Waals surface area contributed by atoms with Gasteiger partial charge in [0.15, 0.2) is 5.69 Å². The Morgan fingerprint density at radius 3 is 2.71 bits per heavy atom. The standard InChI is InChI=1S/C17H16FN5O/c1-11-3-4-14(18)9-15(11)23-12(2)16(21-22-23)17(24)20-10-13-5-7-19-8-6-13/h3-9H,10H2,1-2H3,(H,20,24). The van der Waals surface area contributed by atoms with Gasteiger partial charge in [0.05, 0.1) is 11.4 Å². The van der Waals surface area contributed by atoms with E-state index in [1.165, 1.54) is 16.8 Å². The molecule has 0 aliphatic heterocycles. The van der Waals surface area contributed by atoms with Crippen LogP contribution in [0.1, 0.15) is 27.3 Å². The van der Waals surface area contributed by atoms with Crippen molar-refractivity contribution >= 4 is 5.91 Å². The fourth-order valence-corrected chi connectivity index (χ4v) is 2.35. The van der Waals surface area contributed by atoms with Gasteiger partial charge in [0.2, 0.25) is 0 Å². The Morgan fingerprint density at radius 2 is 1.96 bits per heavy atom. The minimum Gasteiger partial charge on any atom is -0.347 e. The third-order valence-electron chi connectivity index (χ3n) is 3.71. The van der Waals surface area contributed by atoms with Gasteiger partial charge in [-0.05, 0) is 49.2 Å². The molecule has 0 aliphatic rings. The Morgan fingerprint density at radius 1 is 1.21 bits per heavy atom. The molecule has 0 unspecified atom stereocenters. The molecule has 3 aromatic rings. The van der Waals surface area contributed by atoms with Crippen molar-refractivity contribution < 1.29 is 9.18 Å². The smallest absolute Gasteiger partial charge is 0.274 e. The highest BCUT2D eigenvalue weighted by Crippen LogP contribution is 2.17. The van der Waals surface area contributed by atoms with Crippen LogP contribution in [0, 0.1) is 19.7 Å². The number of hydrogen-bond acceptors (Lipinski definition) is 4. The van der Waals surface area contributed by atoms with Crippen molar-refractivity contribution in [2.24, 2.45) is 0 Å². The Bertz CT molecular complexity index is 876. The lowest BCUT2D eigenvalue weighted by Gasteiger charge is -2.08. The number of amides is 1. The molecule has 0 saturated heterocycles. The Balaban J connectivity index is 1.82. The van der Waals surface area contributed by atoms with Gasteiger partial charge in [0, 0.05) is 18.9 Å². The minimum atomic E-state index is -0.366. The van der Waals surface area contributed by atoms with Crippen molar-refractivity contribution in [1.82, 2.24) is 25.3 Å². The first kappa shape index (κ1) is 15.8. The summed E-state index contributed by atoms with van der Waals surface area (Å²) in [5.74, 6) is -0.696. The summed E-state index contributed by atoms with van der Waals surface area (Å²) < 4.78 is 15.0. The van der Waals surface area contributed by atoms with E-state index in [0.29, 0.717) is 17.9 Å².